The second-order valence-corrected chi connectivity index (χ2v) is 6.93. The molecule has 2 aromatic rings. The fourth-order valence-corrected chi connectivity index (χ4v) is 2.71. The molecule has 5 heteroatoms. The van der Waals surface area contributed by atoms with E-state index in [2.05, 4.69) is 10.6 Å². The number of carbonyl (C=O) groups is 2. The molecule has 0 aliphatic rings. The quantitative estimate of drug-likeness (QED) is 0.670. The smallest absolute Gasteiger partial charge is 0.251 e. The molecule has 0 aliphatic heterocycles. The molecule has 4 N–H and O–H groups in total. The first-order chi connectivity index (χ1) is 12.9. The van der Waals surface area contributed by atoms with Crippen molar-refractivity contribution in [3.05, 3.63) is 71.3 Å². The van der Waals surface area contributed by atoms with Gasteiger partial charge in [0.1, 0.15) is 0 Å². The van der Waals surface area contributed by atoms with E-state index in [0.717, 1.165) is 17.5 Å². The minimum Gasteiger partial charge on any atom is -0.352 e. The summed E-state index contributed by atoms with van der Waals surface area (Å²) in [5.41, 5.74) is 8.62. The van der Waals surface area contributed by atoms with E-state index >= 15 is 0 Å². The van der Waals surface area contributed by atoms with E-state index in [0.29, 0.717) is 12.1 Å². The van der Waals surface area contributed by atoms with Gasteiger partial charge in [-0.3, -0.25) is 9.59 Å². The van der Waals surface area contributed by atoms with E-state index < -0.39 is 0 Å². The van der Waals surface area contributed by atoms with Crippen molar-refractivity contribution in [3.8, 4) is 0 Å². The summed E-state index contributed by atoms with van der Waals surface area (Å²) in [7, 11) is 0. The number of benzene rings is 2. The minimum absolute atomic E-state index is 0.100. The lowest BCUT2D eigenvalue weighted by atomic mass is 9.94. The molecule has 0 fully saturated rings. The monoisotopic (exact) mass is 367 g/mol. The van der Waals surface area contributed by atoms with Crippen molar-refractivity contribution in [1.29, 1.82) is 0 Å². The average molecular weight is 367 g/mol. The Morgan fingerprint density at radius 3 is 2.41 bits per heavy atom. The van der Waals surface area contributed by atoms with Crippen LogP contribution in [0.25, 0.3) is 0 Å². The lowest BCUT2D eigenvalue weighted by Gasteiger charge is -2.20. The lowest BCUT2D eigenvalue weighted by Crippen LogP contribution is -2.35. The van der Waals surface area contributed by atoms with E-state index in [9.17, 15) is 9.59 Å². The van der Waals surface area contributed by atoms with Crippen LogP contribution in [0.3, 0.4) is 0 Å². The molecule has 0 aliphatic carbocycles. The first-order valence-electron chi connectivity index (χ1n) is 9.40. The molecule has 2 rings (SSSR count). The van der Waals surface area contributed by atoms with E-state index in [1.54, 1.807) is 12.1 Å². The SMILES string of the molecule is CCC(C)NC(=O)c1cccc(CNC(=O)C(C)C(N)c2ccccc2)c1. The van der Waals surface area contributed by atoms with Gasteiger partial charge in [0.2, 0.25) is 5.91 Å². The zero-order valence-electron chi connectivity index (χ0n) is 16.2. The average Bonchev–Trinajstić information content (AvgIpc) is 2.71. The van der Waals surface area contributed by atoms with Crippen LogP contribution in [0.2, 0.25) is 0 Å². The van der Waals surface area contributed by atoms with Gasteiger partial charge in [-0.1, -0.05) is 56.3 Å². The van der Waals surface area contributed by atoms with Gasteiger partial charge >= 0.3 is 0 Å². The Morgan fingerprint density at radius 2 is 1.74 bits per heavy atom. The highest BCUT2D eigenvalue weighted by Crippen LogP contribution is 2.19. The Bertz CT molecular complexity index is 761. The van der Waals surface area contributed by atoms with Crippen molar-refractivity contribution in [2.45, 2.75) is 45.8 Å². The van der Waals surface area contributed by atoms with Crippen molar-refractivity contribution >= 4 is 11.8 Å². The highest BCUT2D eigenvalue weighted by molar-refractivity contribution is 5.94. The van der Waals surface area contributed by atoms with Gasteiger partial charge in [-0.2, -0.15) is 0 Å². The maximum absolute atomic E-state index is 12.5. The zero-order chi connectivity index (χ0) is 19.8. The van der Waals surface area contributed by atoms with E-state index in [-0.39, 0.29) is 29.8 Å². The van der Waals surface area contributed by atoms with Crippen LogP contribution < -0.4 is 16.4 Å². The molecule has 0 bridgehead atoms. The third kappa shape index (κ3) is 5.93. The van der Waals surface area contributed by atoms with Gasteiger partial charge in [0, 0.05) is 24.2 Å². The third-order valence-electron chi connectivity index (χ3n) is 4.78. The molecule has 5 nitrogen and oxygen atoms in total. The Morgan fingerprint density at radius 1 is 1.04 bits per heavy atom. The standard InChI is InChI=1S/C22H29N3O2/c1-4-15(2)25-22(27)19-12-8-9-17(13-19)14-24-21(26)16(3)20(23)18-10-6-5-7-11-18/h5-13,15-16,20H,4,14,23H2,1-3H3,(H,24,26)(H,25,27). The summed E-state index contributed by atoms with van der Waals surface area (Å²) in [6, 6.07) is 16.7. The molecule has 27 heavy (non-hydrogen) atoms. The number of nitrogens with two attached hydrogens (primary N) is 1. The predicted molar refractivity (Wildman–Crippen MR) is 108 cm³/mol. The molecule has 0 saturated heterocycles. The summed E-state index contributed by atoms with van der Waals surface area (Å²) in [5, 5.41) is 5.86. The maximum atomic E-state index is 12.5. The highest BCUT2D eigenvalue weighted by Gasteiger charge is 2.21. The highest BCUT2D eigenvalue weighted by atomic mass is 16.2. The van der Waals surface area contributed by atoms with Gasteiger partial charge in [-0.25, -0.2) is 0 Å². The van der Waals surface area contributed by atoms with Crippen molar-refractivity contribution in [1.82, 2.24) is 10.6 Å². The maximum Gasteiger partial charge on any atom is 0.251 e. The summed E-state index contributed by atoms with van der Waals surface area (Å²) in [6.45, 7) is 6.18. The van der Waals surface area contributed by atoms with Crippen molar-refractivity contribution in [2.24, 2.45) is 11.7 Å². The molecule has 0 spiro atoms. The molecule has 0 radical (unpaired) electrons. The van der Waals surface area contributed by atoms with Gasteiger partial charge in [-0.05, 0) is 36.6 Å². The Kier molecular flexibility index (Phi) is 7.55. The van der Waals surface area contributed by atoms with Gasteiger partial charge in [-0.15, -0.1) is 0 Å². The predicted octanol–water partition coefficient (Wildman–Crippen LogP) is 3.17. The van der Waals surface area contributed by atoms with Crippen molar-refractivity contribution < 1.29 is 9.59 Å². The van der Waals surface area contributed by atoms with E-state index in [4.69, 9.17) is 5.73 Å². The molecule has 0 aromatic heterocycles. The molecule has 144 valence electrons. The minimum atomic E-state index is -0.362. The molecular weight excluding hydrogens is 338 g/mol. The van der Waals surface area contributed by atoms with Gasteiger partial charge in [0.05, 0.1) is 5.92 Å². The van der Waals surface area contributed by atoms with Crippen LogP contribution in [0.1, 0.15) is 54.7 Å². The molecule has 3 atom stereocenters. The largest absolute Gasteiger partial charge is 0.352 e. The molecule has 0 saturated carbocycles. The van der Waals surface area contributed by atoms with Gasteiger partial charge < -0.3 is 16.4 Å². The normalized spacial score (nSPS) is 14.1. The van der Waals surface area contributed by atoms with Crippen molar-refractivity contribution in [3.63, 3.8) is 0 Å². The number of hydrogen-bond donors (Lipinski definition) is 3. The summed E-state index contributed by atoms with van der Waals surface area (Å²) in [4.78, 5) is 24.7. The van der Waals surface area contributed by atoms with Gasteiger partial charge in [0.15, 0.2) is 0 Å². The topological polar surface area (TPSA) is 84.2 Å². The number of nitrogens with one attached hydrogen (secondary N) is 2. The first-order valence-corrected chi connectivity index (χ1v) is 9.40. The second-order valence-electron chi connectivity index (χ2n) is 6.93. The lowest BCUT2D eigenvalue weighted by molar-refractivity contribution is -0.125. The molecule has 0 heterocycles. The molecule has 2 aromatic carbocycles. The van der Waals surface area contributed by atoms with Crippen LogP contribution in [0.15, 0.2) is 54.6 Å². The number of amides is 2. The van der Waals surface area contributed by atoms with Crippen LogP contribution in [-0.2, 0) is 11.3 Å². The number of hydrogen-bond acceptors (Lipinski definition) is 3. The summed E-state index contributed by atoms with van der Waals surface area (Å²) in [6.07, 6.45) is 0.876. The van der Waals surface area contributed by atoms with Crippen LogP contribution in [0, 0.1) is 5.92 Å². The summed E-state index contributed by atoms with van der Waals surface area (Å²) >= 11 is 0. The fourth-order valence-electron chi connectivity index (χ4n) is 2.71. The molecule has 2 amide bonds. The summed E-state index contributed by atoms with van der Waals surface area (Å²) < 4.78 is 0. The zero-order valence-corrected chi connectivity index (χ0v) is 16.2. The van der Waals surface area contributed by atoms with Crippen LogP contribution >= 0.6 is 0 Å². The summed E-state index contributed by atoms with van der Waals surface area (Å²) in [5.74, 6) is -0.568. The van der Waals surface area contributed by atoms with E-state index in [1.807, 2.05) is 63.2 Å². The Hall–Kier alpha value is -2.66. The van der Waals surface area contributed by atoms with Crippen LogP contribution in [0.4, 0.5) is 0 Å². The Balaban J connectivity index is 1.95. The molecular formula is C22H29N3O2. The molecule has 3 unspecified atom stereocenters. The van der Waals surface area contributed by atoms with Crippen molar-refractivity contribution in [2.75, 3.05) is 0 Å². The third-order valence-corrected chi connectivity index (χ3v) is 4.78. The van der Waals surface area contributed by atoms with Crippen LogP contribution in [-0.4, -0.2) is 17.9 Å². The number of rotatable bonds is 8. The number of carbonyl (C=O) groups excluding carboxylic acids is 2. The Labute approximate surface area is 161 Å². The van der Waals surface area contributed by atoms with Crippen LogP contribution in [0.5, 0.6) is 0 Å². The first kappa shape index (κ1) is 20.6. The fraction of sp³-hybridized carbons (Fsp3) is 0.364. The van der Waals surface area contributed by atoms with E-state index in [1.165, 1.54) is 0 Å². The second kappa shape index (κ2) is 9.88. The van der Waals surface area contributed by atoms with Gasteiger partial charge in [0.25, 0.3) is 5.91 Å².